The SMILES string of the molecule is Cc1cc(C)cc(CCC(C)CO)c1. The van der Waals surface area contributed by atoms with E-state index in [0.717, 1.165) is 12.8 Å². The van der Waals surface area contributed by atoms with E-state index in [0.29, 0.717) is 12.5 Å². The van der Waals surface area contributed by atoms with Crippen molar-refractivity contribution in [3.05, 3.63) is 34.9 Å². The van der Waals surface area contributed by atoms with Crippen LogP contribution in [-0.4, -0.2) is 11.7 Å². The minimum Gasteiger partial charge on any atom is -0.396 e. The molecule has 0 spiro atoms. The summed E-state index contributed by atoms with van der Waals surface area (Å²) >= 11 is 0. The highest BCUT2D eigenvalue weighted by molar-refractivity contribution is 5.28. The molecule has 1 rings (SSSR count). The Morgan fingerprint density at radius 2 is 1.71 bits per heavy atom. The molecule has 0 amide bonds. The fraction of sp³-hybridized carbons (Fsp3) is 0.538. The summed E-state index contributed by atoms with van der Waals surface area (Å²) in [5.41, 5.74) is 4.05. The predicted octanol–water partition coefficient (Wildman–Crippen LogP) is 2.86. The zero-order chi connectivity index (χ0) is 10.6. The Labute approximate surface area is 86.8 Å². The zero-order valence-electron chi connectivity index (χ0n) is 9.38. The van der Waals surface area contributed by atoms with Crippen LogP contribution in [-0.2, 0) is 6.42 Å². The number of hydrogen-bond acceptors (Lipinski definition) is 1. The van der Waals surface area contributed by atoms with Crippen molar-refractivity contribution >= 4 is 0 Å². The number of aryl methyl sites for hydroxylation is 3. The van der Waals surface area contributed by atoms with Crippen molar-refractivity contribution in [1.29, 1.82) is 0 Å². The van der Waals surface area contributed by atoms with Crippen molar-refractivity contribution in [2.45, 2.75) is 33.6 Å². The summed E-state index contributed by atoms with van der Waals surface area (Å²) in [5.74, 6) is 0.413. The first kappa shape index (κ1) is 11.3. The Hall–Kier alpha value is -0.820. The standard InChI is InChI=1S/C13H20O/c1-10(9-14)4-5-13-7-11(2)6-12(3)8-13/h6-8,10,14H,4-5,9H2,1-3H3. The predicted molar refractivity (Wildman–Crippen MR) is 60.5 cm³/mol. The Morgan fingerprint density at radius 1 is 1.14 bits per heavy atom. The molecule has 0 heterocycles. The van der Waals surface area contributed by atoms with Gasteiger partial charge in [0.25, 0.3) is 0 Å². The van der Waals surface area contributed by atoms with Crippen LogP contribution in [0.15, 0.2) is 18.2 Å². The monoisotopic (exact) mass is 192 g/mol. The molecule has 1 heteroatoms. The lowest BCUT2D eigenvalue weighted by Crippen LogP contribution is -2.02. The number of rotatable bonds is 4. The zero-order valence-corrected chi connectivity index (χ0v) is 9.38. The van der Waals surface area contributed by atoms with Gasteiger partial charge >= 0.3 is 0 Å². The lowest BCUT2D eigenvalue weighted by atomic mass is 9.99. The third-order valence-corrected chi connectivity index (χ3v) is 2.52. The van der Waals surface area contributed by atoms with E-state index in [2.05, 4.69) is 39.0 Å². The number of benzene rings is 1. The summed E-state index contributed by atoms with van der Waals surface area (Å²) in [6.07, 6.45) is 2.14. The van der Waals surface area contributed by atoms with Gasteiger partial charge in [-0.1, -0.05) is 36.2 Å². The Bertz CT molecular complexity index is 271. The van der Waals surface area contributed by atoms with Crippen molar-refractivity contribution in [3.8, 4) is 0 Å². The highest BCUT2D eigenvalue weighted by Gasteiger charge is 2.01. The maximum absolute atomic E-state index is 8.92. The summed E-state index contributed by atoms with van der Waals surface area (Å²) < 4.78 is 0. The normalized spacial score (nSPS) is 12.9. The summed E-state index contributed by atoms with van der Waals surface area (Å²) in [4.78, 5) is 0. The average Bonchev–Trinajstić information content (AvgIpc) is 2.12. The van der Waals surface area contributed by atoms with E-state index in [1.165, 1.54) is 16.7 Å². The third-order valence-electron chi connectivity index (χ3n) is 2.52. The molecular weight excluding hydrogens is 172 g/mol. The second-order valence-corrected chi connectivity index (χ2v) is 4.32. The molecule has 0 bridgehead atoms. The minimum atomic E-state index is 0.296. The number of hydrogen-bond donors (Lipinski definition) is 1. The molecule has 1 nitrogen and oxygen atoms in total. The average molecular weight is 192 g/mol. The molecule has 1 unspecified atom stereocenters. The van der Waals surface area contributed by atoms with Gasteiger partial charge in [0.05, 0.1) is 0 Å². The summed E-state index contributed by atoms with van der Waals surface area (Å²) in [5, 5.41) is 8.92. The van der Waals surface area contributed by atoms with Gasteiger partial charge in [0.1, 0.15) is 0 Å². The van der Waals surface area contributed by atoms with Crippen molar-refractivity contribution in [2.24, 2.45) is 5.92 Å². The van der Waals surface area contributed by atoms with E-state index in [4.69, 9.17) is 5.11 Å². The molecule has 14 heavy (non-hydrogen) atoms. The van der Waals surface area contributed by atoms with Crippen molar-refractivity contribution < 1.29 is 5.11 Å². The smallest absolute Gasteiger partial charge is 0.0456 e. The van der Waals surface area contributed by atoms with E-state index in [1.807, 2.05) is 0 Å². The second kappa shape index (κ2) is 5.16. The van der Waals surface area contributed by atoms with Crippen LogP contribution in [0, 0.1) is 19.8 Å². The van der Waals surface area contributed by atoms with Gasteiger partial charge in [-0.3, -0.25) is 0 Å². The van der Waals surface area contributed by atoms with Gasteiger partial charge in [0.2, 0.25) is 0 Å². The van der Waals surface area contributed by atoms with Crippen molar-refractivity contribution in [1.82, 2.24) is 0 Å². The van der Waals surface area contributed by atoms with Crippen molar-refractivity contribution in [3.63, 3.8) is 0 Å². The van der Waals surface area contributed by atoms with Gasteiger partial charge in [0.15, 0.2) is 0 Å². The van der Waals surface area contributed by atoms with Gasteiger partial charge in [-0.15, -0.1) is 0 Å². The van der Waals surface area contributed by atoms with Crippen LogP contribution in [0.4, 0.5) is 0 Å². The summed E-state index contributed by atoms with van der Waals surface area (Å²) in [7, 11) is 0. The quantitative estimate of drug-likeness (QED) is 0.777. The molecule has 0 saturated heterocycles. The highest BCUT2D eigenvalue weighted by atomic mass is 16.3. The first-order valence-electron chi connectivity index (χ1n) is 5.30. The maximum Gasteiger partial charge on any atom is 0.0456 e. The van der Waals surface area contributed by atoms with Crippen LogP contribution in [0.5, 0.6) is 0 Å². The fourth-order valence-corrected chi connectivity index (χ4v) is 1.72. The molecule has 0 fully saturated rings. The minimum absolute atomic E-state index is 0.296. The molecule has 0 aliphatic carbocycles. The van der Waals surface area contributed by atoms with Gasteiger partial charge in [-0.25, -0.2) is 0 Å². The molecule has 1 aromatic carbocycles. The Kier molecular flexibility index (Phi) is 4.15. The molecule has 0 saturated carbocycles. The van der Waals surface area contributed by atoms with Gasteiger partial charge in [0, 0.05) is 6.61 Å². The lowest BCUT2D eigenvalue weighted by molar-refractivity contribution is 0.230. The topological polar surface area (TPSA) is 20.2 Å². The largest absolute Gasteiger partial charge is 0.396 e. The fourth-order valence-electron chi connectivity index (χ4n) is 1.72. The maximum atomic E-state index is 8.92. The molecule has 1 atom stereocenters. The van der Waals surface area contributed by atoms with Gasteiger partial charge in [-0.05, 0) is 38.2 Å². The second-order valence-electron chi connectivity index (χ2n) is 4.32. The van der Waals surface area contributed by atoms with Gasteiger partial charge < -0.3 is 5.11 Å². The van der Waals surface area contributed by atoms with Crippen LogP contribution in [0.25, 0.3) is 0 Å². The van der Waals surface area contributed by atoms with Crippen LogP contribution in [0.3, 0.4) is 0 Å². The summed E-state index contributed by atoms with van der Waals surface area (Å²) in [6, 6.07) is 6.66. The van der Waals surface area contributed by atoms with E-state index in [1.54, 1.807) is 0 Å². The molecule has 1 aromatic rings. The Balaban J connectivity index is 2.58. The number of aliphatic hydroxyl groups is 1. The molecule has 1 N–H and O–H groups in total. The molecule has 0 aromatic heterocycles. The van der Waals surface area contributed by atoms with Gasteiger partial charge in [-0.2, -0.15) is 0 Å². The van der Waals surface area contributed by atoms with Crippen LogP contribution < -0.4 is 0 Å². The highest BCUT2D eigenvalue weighted by Crippen LogP contribution is 2.13. The first-order valence-corrected chi connectivity index (χ1v) is 5.30. The molecular formula is C13H20O. The van der Waals surface area contributed by atoms with Crippen LogP contribution in [0.1, 0.15) is 30.0 Å². The van der Waals surface area contributed by atoms with Crippen LogP contribution in [0.2, 0.25) is 0 Å². The molecule has 78 valence electrons. The van der Waals surface area contributed by atoms with Crippen LogP contribution >= 0.6 is 0 Å². The van der Waals surface area contributed by atoms with Crippen molar-refractivity contribution in [2.75, 3.05) is 6.61 Å². The first-order chi connectivity index (χ1) is 6.61. The van der Waals surface area contributed by atoms with E-state index in [9.17, 15) is 0 Å². The van der Waals surface area contributed by atoms with E-state index < -0.39 is 0 Å². The molecule has 0 aliphatic rings. The summed E-state index contributed by atoms with van der Waals surface area (Å²) in [6.45, 7) is 6.64. The molecule has 0 aliphatic heterocycles. The van der Waals surface area contributed by atoms with E-state index >= 15 is 0 Å². The lowest BCUT2D eigenvalue weighted by Gasteiger charge is -2.08. The Morgan fingerprint density at radius 3 is 2.21 bits per heavy atom. The third kappa shape index (κ3) is 3.51. The molecule has 0 radical (unpaired) electrons. The number of aliphatic hydroxyl groups excluding tert-OH is 1. The van der Waals surface area contributed by atoms with E-state index in [-0.39, 0.29) is 0 Å².